The maximum absolute atomic E-state index is 13.5. The predicted octanol–water partition coefficient (Wildman–Crippen LogP) is 3.88. The molecular weight excluding hydrogens is 255 g/mol. The van der Waals surface area contributed by atoms with Crippen molar-refractivity contribution in [2.24, 2.45) is 0 Å². The highest BCUT2D eigenvalue weighted by molar-refractivity contribution is 5.82. The second kappa shape index (κ2) is 4.07. The molecule has 3 aromatic rings. The minimum atomic E-state index is -0.261. The van der Waals surface area contributed by atoms with E-state index in [0.29, 0.717) is 17.4 Å². The molecule has 1 aliphatic rings. The lowest BCUT2D eigenvalue weighted by Gasteiger charge is -2.08. The van der Waals surface area contributed by atoms with Crippen molar-refractivity contribution in [2.45, 2.75) is 18.9 Å². The van der Waals surface area contributed by atoms with Gasteiger partial charge in [-0.1, -0.05) is 12.1 Å². The van der Waals surface area contributed by atoms with Gasteiger partial charge >= 0.3 is 0 Å². The molecule has 2 aromatic carbocycles. The Bertz CT molecular complexity index is 805. The topological polar surface area (TPSA) is 38.1 Å². The van der Waals surface area contributed by atoms with Crippen LogP contribution in [0.4, 0.5) is 4.39 Å². The van der Waals surface area contributed by atoms with E-state index in [0.717, 1.165) is 23.9 Å². The van der Waals surface area contributed by atoms with Crippen LogP contribution in [0.25, 0.3) is 22.4 Å². The van der Waals surface area contributed by atoms with Crippen LogP contribution in [0.1, 0.15) is 18.9 Å². The maximum Gasteiger partial charge on any atom is 0.145 e. The number of hydrogen-bond donors (Lipinski definition) is 1. The van der Waals surface area contributed by atoms with Crippen LogP contribution in [0.15, 0.2) is 42.5 Å². The van der Waals surface area contributed by atoms with E-state index in [1.165, 1.54) is 12.1 Å². The number of fused-ring (bicyclic) bond motifs is 1. The third-order valence-electron chi connectivity index (χ3n) is 3.71. The molecule has 0 aliphatic heterocycles. The fourth-order valence-electron chi connectivity index (χ4n) is 2.62. The molecule has 0 amide bonds. The van der Waals surface area contributed by atoms with Gasteiger partial charge in [0.25, 0.3) is 0 Å². The summed E-state index contributed by atoms with van der Waals surface area (Å²) in [4.78, 5) is 4.58. The number of rotatable bonds is 2. The van der Waals surface area contributed by atoms with Crippen molar-refractivity contribution >= 4 is 11.0 Å². The van der Waals surface area contributed by atoms with Gasteiger partial charge in [0.15, 0.2) is 0 Å². The molecule has 4 rings (SSSR count). The van der Waals surface area contributed by atoms with E-state index < -0.39 is 0 Å². The number of aromatic nitrogens is 2. The van der Waals surface area contributed by atoms with Gasteiger partial charge in [-0.15, -0.1) is 0 Å². The number of halogens is 1. The summed E-state index contributed by atoms with van der Waals surface area (Å²) in [7, 11) is 0. The van der Waals surface area contributed by atoms with Crippen molar-refractivity contribution in [3.63, 3.8) is 0 Å². The largest absolute Gasteiger partial charge is 0.507 e. The lowest BCUT2D eigenvalue weighted by atomic mass is 10.2. The third kappa shape index (κ3) is 1.68. The van der Waals surface area contributed by atoms with Gasteiger partial charge in [0.1, 0.15) is 17.4 Å². The summed E-state index contributed by atoms with van der Waals surface area (Å²) in [6, 6.07) is 12.1. The van der Waals surface area contributed by atoms with Crippen molar-refractivity contribution in [1.29, 1.82) is 0 Å². The number of phenols is 1. The van der Waals surface area contributed by atoms with E-state index in [1.807, 2.05) is 16.7 Å². The number of aromatic hydroxyl groups is 1. The molecule has 0 radical (unpaired) electrons. The van der Waals surface area contributed by atoms with Gasteiger partial charge in [-0.05, 0) is 43.2 Å². The van der Waals surface area contributed by atoms with Crippen LogP contribution in [-0.4, -0.2) is 14.7 Å². The Morgan fingerprint density at radius 3 is 2.70 bits per heavy atom. The first kappa shape index (κ1) is 11.5. The summed E-state index contributed by atoms with van der Waals surface area (Å²) in [5.74, 6) is 0.652. The van der Waals surface area contributed by atoms with E-state index in [9.17, 15) is 9.50 Å². The predicted molar refractivity (Wildman–Crippen MR) is 75.1 cm³/mol. The maximum atomic E-state index is 13.5. The van der Waals surface area contributed by atoms with Gasteiger partial charge in [-0.25, -0.2) is 9.37 Å². The van der Waals surface area contributed by atoms with Gasteiger partial charge in [0.2, 0.25) is 0 Å². The molecule has 1 aromatic heterocycles. The van der Waals surface area contributed by atoms with E-state index in [2.05, 4.69) is 4.98 Å². The number of nitrogens with zero attached hydrogens (tertiary/aromatic N) is 2. The minimum absolute atomic E-state index is 0.199. The van der Waals surface area contributed by atoms with E-state index >= 15 is 0 Å². The molecule has 1 saturated carbocycles. The highest BCUT2D eigenvalue weighted by atomic mass is 19.1. The zero-order valence-electron chi connectivity index (χ0n) is 10.8. The van der Waals surface area contributed by atoms with Crippen molar-refractivity contribution in [1.82, 2.24) is 9.55 Å². The Morgan fingerprint density at radius 2 is 1.95 bits per heavy atom. The Morgan fingerprint density at radius 1 is 1.15 bits per heavy atom. The molecule has 4 heteroatoms. The Balaban J connectivity index is 2.04. The second-order valence-electron chi connectivity index (χ2n) is 5.19. The zero-order valence-corrected chi connectivity index (χ0v) is 10.8. The number of imidazole rings is 1. The van der Waals surface area contributed by atoms with Crippen LogP contribution in [0.5, 0.6) is 5.75 Å². The van der Waals surface area contributed by atoms with E-state index in [1.54, 1.807) is 18.2 Å². The van der Waals surface area contributed by atoms with Crippen molar-refractivity contribution in [3.8, 4) is 17.1 Å². The van der Waals surface area contributed by atoms with Crippen molar-refractivity contribution in [2.75, 3.05) is 0 Å². The standard InChI is InChI=1S/C16H13FN2O/c17-10-5-8-13-14(9-10)19(11-6-7-11)16(18-13)12-3-1-2-4-15(12)20/h1-5,8-9,11,20H,6-7H2. The van der Waals surface area contributed by atoms with Gasteiger partial charge in [0.05, 0.1) is 16.6 Å². The SMILES string of the molecule is Oc1ccccc1-c1nc2ccc(F)cc2n1C1CC1. The van der Waals surface area contributed by atoms with Crippen LogP contribution >= 0.6 is 0 Å². The van der Waals surface area contributed by atoms with Gasteiger partial charge < -0.3 is 9.67 Å². The fourth-order valence-corrected chi connectivity index (χ4v) is 2.62. The lowest BCUT2D eigenvalue weighted by Crippen LogP contribution is -1.97. The van der Waals surface area contributed by atoms with Gasteiger partial charge in [-0.3, -0.25) is 0 Å². The molecule has 1 fully saturated rings. The number of hydrogen-bond acceptors (Lipinski definition) is 2. The molecule has 20 heavy (non-hydrogen) atoms. The quantitative estimate of drug-likeness (QED) is 0.765. The van der Waals surface area contributed by atoms with Crippen molar-refractivity contribution in [3.05, 3.63) is 48.3 Å². The summed E-state index contributed by atoms with van der Waals surface area (Å²) in [5, 5.41) is 10.0. The molecule has 1 heterocycles. The Kier molecular flexibility index (Phi) is 2.33. The zero-order chi connectivity index (χ0) is 13.7. The van der Waals surface area contributed by atoms with Crippen LogP contribution in [0.3, 0.4) is 0 Å². The van der Waals surface area contributed by atoms with Crippen LogP contribution in [0.2, 0.25) is 0 Å². The van der Waals surface area contributed by atoms with Crippen LogP contribution in [0, 0.1) is 5.82 Å². The number of phenolic OH excluding ortho intramolecular Hbond substituents is 1. The van der Waals surface area contributed by atoms with Crippen LogP contribution in [-0.2, 0) is 0 Å². The lowest BCUT2D eigenvalue weighted by molar-refractivity contribution is 0.476. The molecule has 0 atom stereocenters. The summed E-state index contributed by atoms with van der Waals surface area (Å²) in [5.41, 5.74) is 2.25. The Labute approximate surface area is 115 Å². The second-order valence-corrected chi connectivity index (χ2v) is 5.19. The summed E-state index contributed by atoms with van der Waals surface area (Å²) >= 11 is 0. The van der Waals surface area contributed by atoms with E-state index in [4.69, 9.17) is 0 Å². The first-order valence-electron chi connectivity index (χ1n) is 6.70. The monoisotopic (exact) mass is 268 g/mol. The highest BCUT2D eigenvalue weighted by Gasteiger charge is 2.29. The van der Waals surface area contributed by atoms with Crippen molar-refractivity contribution < 1.29 is 9.50 Å². The number of benzene rings is 2. The molecular formula is C16H13FN2O. The summed E-state index contributed by atoms with van der Waals surface area (Å²) in [6.45, 7) is 0. The Hall–Kier alpha value is -2.36. The molecule has 0 unspecified atom stereocenters. The molecule has 1 N–H and O–H groups in total. The van der Waals surface area contributed by atoms with E-state index in [-0.39, 0.29) is 11.6 Å². The average molecular weight is 268 g/mol. The smallest absolute Gasteiger partial charge is 0.145 e. The first-order valence-corrected chi connectivity index (χ1v) is 6.70. The molecule has 0 saturated heterocycles. The average Bonchev–Trinajstić information content (AvgIpc) is 3.20. The van der Waals surface area contributed by atoms with Gasteiger partial charge in [-0.2, -0.15) is 0 Å². The molecule has 3 nitrogen and oxygen atoms in total. The summed E-state index contributed by atoms with van der Waals surface area (Å²) < 4.78 is 15.6. The summed E-state index contributed by atoms with van der Waals surface area (Å²) in [6.07, 6.45) is 2.14. The highest BCUT2D eigenvalue weighted by Crippen LogP contribution is 2.42. The minimum Gasteiger partial charge on any atom is -0.507 e. The number of para-hydroxylation sites is 1. The molecule has 1 aliphatic carbocycles. The fraction of sp³-hybridized carbons (Fsp3) is 0.188. The third-order valence-corrected chi connectivity index (χ3v) is 3.71. The first-order chi connectivity index (χ1) is 9.74. The molecule has 0 bridgehead atoms. The van der Waals surface area contributed by atoms with Crippen LogP contribution < -0.4 is 0 Å². The van der Waals surface area contributed by atoms with Gasteiger partial charge in [0, 0.05) is 6.04 Å². The molecule has 100 valence electrons. The normalized spacial score (nSPS) is 14.8. The molecule has 0 spiro atoms.